The van der Waals surface area contributed by atoms with Crippen molar-refractivity contribution >= 4 is 28.6 Å². The van der Waals surface area contributed by atoms with Crippen molar-refractivity contribution in [3.8, 4) is 11.4 Å². The van der Waals surface area contributed by atoms with Crippen LogP contribution in [0.5, 0.6) is 0 Å². The molecule has 2 saturated heterocycles. The number of aromatic nitrogens is 4. The minimum atomic E-state index is -0.221. The Bertz CT molecular complexity index is 1290. The molecule has 2 atom stereocenters. The van der Waals surface area contributed by atoms with Crippen molar-refractivity contribution in [2.45, 2.75) is 81.8 Å². The summed E-state index contributed by atoms with van der Waals surface area (Å²) >= 11 is 0. The lowest BCUT2D eigenvalue weighted by atomic mass is 9.93. The van der Waals surface area contributed by atoms with Gasteiger partial charge in [0.25, 0.3) is 0 Å². The number of aliphatic hydroxyl groups excluding tert-OH is 1. The third kappa shape index (κ3) is 4.64. The van der Waals surface area contributed by atoms with Gasteiger partial charge in [0.15, 0.2) is 11.5 Å². The number of ether oxygens (including phenoxy) is 1. The van der Waals surface area contributed by atoms with Crippen molar-refractivity contribution in [3.63, 3.8) is 0 Å². The lowest BCUT2D eigenvalue weighted by Gasteiger charge is -2.33. The molecule has 2 aliphatic heterocycles. The summed E-state index contributed by atoms with van der Waals surface area (Å²) in [6.07, 6.45) is 9.80. The molecule has 7 rings (SSSR count). The van der Waals surface area contributed by atoms with E-state index in [0.29, 0.717) is 11.9 Å². The molecule has 0 spiro atoms. The van der Waals surface area contributed by atoms with Gasteiger partial charge in [-0.3, -0.25) is 0 Å². The summed E-state index contributed by atoms with van der Waals surface area (Å²) in [6, 6.07) is 8.06. The Hall–Kier alpha value is -3.24. The van der Waals surface area contributed by atoms with Gasteiger partial charge >= 0.3 is 6.03 Å². The number of anilines is 2. The lowest BCUT2D eigenvalue weighted by molar-refractivity contribution is 0.0303. The molecule has 4 aliphatic rings. The van der Waals surface area contributed by atoms with Gasteiger partial charge in [0.1, 0.15) is 5.82 Å². The number of morpholine rings is 1. The van der Waals surface area contributed by atoms with E-state index in [4.69, 9.17) is 19.8 Å². The molecule has 10 heteroatoms. The number of aliphatic hydroxyl groups is 1. The zero-order valence-electron chi connectivity index (χ0n) is 20.8. The van der Waals surface area contributed by atoms with E-state index in [0.717, 1.165) is 92.6 Å². The highest BCUT2D eigenvalue weighted by atomic mass is 16.5. The molecule has 2 bridgehead atoms. The third-order valence-corrected chi connectivity index (χ3v) is 8.10. The molecule has 4 fully saturated rings. The Kier molecular flexibility index (Phi) is 5.73. The summed E-state index contributed by atoms with van der Waals surface area (Å²) in [5, 5.41) is 21.6. The number of nitrogens with one attached hydrogen (secondary N) is 2. The van der Waals surface area contributed by atoms with Gasteiger partial charge in [-0.15, -0.1) is 0 Å². The summed E-state index contributed by atoms with van der Waals surface area (Å²) in [5.41, 5.74) is 2.46. The minimum Gasteiger partial charge on any atom is -0.393 e. The molecular weight excluding hydrogens is 470 g/mol. The maximum Gasteiger partial charge on any atom is 0.319 e. The van der Waals surface area contributed by atoms with Crippen LogP contribution in [0.3, 0.4) is 0 Å². The normalized spacial score (nSPS) is 27.4. The number of amides is 2. The van der Waals surface area contributed by atoms with Crippen molar-refractivity contribution in [1.29, 1.82) is 0 Å². The van der Waals surface area contributed by atoms with Gasteiger partial charge in [0, 0.05) is 30.4 Å². The van der Waals surface area contributed by atoms with Crippen LogP contribution in [0.4, 0.5) is 16.3 Å². The minimum absolute atomic E-state index is 0.168. The molecule has 2 unspecified atom stereocenters. The maximum absolute atomic E-state index is 12.1. The van der Waals surface area contributed by atoms with Crippen LogP contribution in [0.1, 0.15) is 57.4 Å². The number of urea groups is 1. The summed E-state index contributed by atoms with van der Waals surface area (Å²) in [5.74, 6) is 1.56. The highest BCUT2D eigenvalue weighted by Gasteiger charge is 2.36. The maximum atomic E-state index is 12.1. The van der Waals surface area contributed by atoms with Crippen LogP contribution in [0.15, 0.2) is 30.5 Å². The van der Waals surface area contributed by atoms with Gasteiger partial charge < -0.3 is 25.4 Å². The Morgan fingerprint density at radius 2 is 1.68 bits per heavy atom. The number of benzene rings is 1. The molecule has 0 radical (unpaired) electrons. The van der Waals surface area contributed by atoms with Crippen molar-refractivity contribution in [2.24, 2.45) is 0 Å². The molecular formula is C27H33N7O3. The summed E-state index contributed by atoms with van der Waals surface area (Å²) in [7, 11) is 0. The fourth-order valence-corrected chi connectivity index (χ4v) is 5.92. The summed E-state index contributed by atoms with van der Waals surface area (Å²) < 4.78 is 8.13. The van der Waals surface area contributed by atoms with Crippen LogP contribution in [0.25, 0.3) is 22.4 Å². The average Bonchev–Trinajstić information content (AvgIpc) is 3.51. The van der Waals surface area contributed by atoms with Crippen LogP contribution >= 0.6 is 0 Å². The zero-order valence-corrected chi connectivity index (χ0v) is 20.8. The average molecular weight is 504 g/mol. The van der Waals surface area contributed by atoms with Crippen molar-refractivity contribution in [2.75, 3.05) is 23.3 Å². The monoisotopic (exact) mass is 503 g/mol. The molecule has 37 heavy (non-hydrogen) atoms. The number of nitrogens with zero attached hydrogens (tertiary/aromatic N) is 5. The first-order valence-corrected chi connectivity index (χ1v) is 13.6. The van der Waals surface area contributed by atoms with Gasteiger partial charge in [-0.2, -0.15) is 5.10 Å². The Morgan fingerprint density at radius 1 is 0.946 bits per heavy atom. The highest BCUT2D eigenvalue weighted by Crippen LogP contribution is 2.36. The summed E-state index contributed by atoms with van der Waals surface area (Å²) in [6.45, 7) is 1.64. The zero-order chi connectivity index (χ0) is 24.9. The second kappa shape index (κ2) is 9.25. The number of carbonyl (C=O) groups is 1. The van der Waals surface area contributed by atoms with Crippen molar-refractivity contribution < 1.29 is 14.6 Å². The number of hydrogen-bond acceptors (Lipinski definition) is 7. The van der Waals surface area contributed by atoms with E-state index >= 15 is 0 Å². The molecule has 2 aliphatic carbocycles. The van der Waals surface area contributed by atoms with Gasteiger partial charge in [0.2, 0.25) is 0 Å². The van der Waals surface area contributed by atoms with Crippen LogP contribution < -0.4 is 15.5 Å². The molecule has 194 valence electrons. The molecule has 10 nitrogen and oxygen atoms in total. The summed E-state index contributed by atoms with van der Waals surface area (Å²) in [4.78, 5) is 24.6. The molecule has 2 saturated carbocycles. The topological polar surface area (TPSA) is 117 Å². The lowest BCUT2D eigenvalue weighted by Crippen LogP contribution is -2.43. The van der Waals surface area contributed by atoms with Crippen molar-refractivity contribution in [1.82, 2.24) is 25.1 Å². The smallest absolute Gasteiger partial charge is 0.319 e. The molecule has 3 aromatic rings. The van der Waals surface area contributed by atoms with Crippen molar-refractivity contribution in [3.05, 3.63) is 30.5 Å². The number of fused-ring (bicyclic) bond motifs is 3. The second-order valence-corrected chi connectivity index (χ2v) is 11.0. The SMILES string of the molecule is O=C(Nc1ccc(-c2nc(N3CC4CCC(C3)O4)c3cnn([C@H]4CC[C@H](O)CC4)c3n2)cc1)NC1CC1. The molecule has 1 aromatic carbocycles. The van der Waals surface area contributed by atoms with Crippen LogP contribution in [-0.4, -0.2) is 68.3 Å². The van der Waals surface area contributed by atoms with E-state index in [1.54, 1.807) is 0 Å². The van der Waals surface area contributed by atoms with Crippen LogP contribution in [0, 0.1) is 0 Å². The number of carbonyl (C=O) groups excluding carboxylic acids is 1. The predicted octanol–water partition coefficient (Wildman–Crippen LogP) is 3.62. The number of hydrogen-bond donors (Lipinski definition) is 3. The van der Waals surface area contributed by atoms with Gasteiger partial charge in [0.05, 0.1) is 35.9 Å². The Labute approximate surface area is 215 Å². The predicted molar refractivity (Wildman–Crippen MR) is 140 cm³/mol. The van der Waals surface area contributed by atoms with E-state index in [1.165, 1.54) is 0 Å². The number of rotatable bonds is 5. The molecule has 2 aromatic heterocycles. The van der Waals surface area contributed by atoms with E-state index in [9.17, 15) is 9.90 Å². The first-order valence-electron chi connectivity index (χ1n) is 13.6. The highest BCUT2D eigenvalue weighted by molar-refractivity contribution is 5.91. The van der Waals surface area contributed by atoms with E-state index in [-0.39, 0.29) is 30.4 Å². The van der Waals surface area contributed by atoms with Gasteiger partial charge in [-0.1, -0.05) is 0 Å². The van der Waals surface area contributed by atoms with Gasteiger partial charge in [-0.25, -0.2) is 19.4 Å². The second-order valence-electron chi connectivity index (χ2n) is 11.0. The Balaban J connectivity index is 1.23. The van der Waals surface area contributed by atoms with E-state index < -0.39 is 0 Å². The molecule has 2 amide bonds. The van der Waals surface area contributed by atoms with E-state index in [1.807, 2.05) is 35.1 Å². The van der Waals surface area contributed by atoms with E-state index in [2.05, 4.69) is 15.5 Å². The first-order chi connectivity index (χ1) is 18.1. The fraction of sp³-hybridized carbons (Fsp3) is 0.556. The quantitative estimate of drug-likeness (QED) is 0.487. The molecule has 4 heterocycles. The van der Waals surface area contributed by atoms with Crippen LogP contribution in [-0.2, 0) is 4.74 Å². The third-order valence-electron chi connectivity index (χ3n) is 8.10. The van der Waals surface area contributed by atoms with Gasteiger partial charge in [-0.05, 0) is 75.6 Å². The fourth-order valence-electron chi connectivity index (χ4n) is 5.92. The first kappa shape index (κ1) is 22.9. The molecule has 3 N–H and O–H groups in total. The standard InChI is InChI=1S/C27H33N7O3/c35-20-9-7-19(8-10-20)34-26-23(13-28-34)25(33-14-21-11-12-22(15-33)37-21)31-24(32-26)16-1-3-17(4-2-16)29-27(36)30-18-5-6-18/h1-4,13,18-22,35H,5-12,14-15H2,(H2,29,30,36)/t19-,20-,21?,22?. The Morgan fingerprint density at radius 3 is 2.38 bits per heavy atom. The largest absolute Gasteiger partial charge is 0.393 e. The van der Waals surface area contributed by atoms with Crippen LogP contribution in [0.2, 0.25) is 0 Å².